The standard InChI is InChI=1S/C10H16BrN5O4S/c1-7(10(17)18)15-3-5-16(6-4-15)21(19,20)9-8(11)12-13-14(9)2/h7H,3-6H2,1-2H3,(H,17,18). The molecule has 1 aliphatic rings. The summed E-state index contributed by atoms with van der Waals surface area (Å²) >= 11 is 3.09. The number of aliphatic carboxylic acids is 1. The monoisotopic (exact) mass is 381 g/mol. The molecule has 2 rings (SSSR count). The fourth-order valence-corrected chi connectivity index (χ4v) is 4.66. The summed E-state index contributed by atoms with van der Waals surface area (Å²) < 4.78 is 27.8. The van der Waals surface area contributed by atoms with Gasteiger partial charge in [0.15, 0.2) is 4.60 Å². The number of carboxylic acids is 1. The quantitative estimate of drug-likeness (QED) is 0.738. The number of piperazine rings is 1. The topological polar surface area (TPSA) is 109 Å². The molecule has 1 unspecified atom stereocenters. The van der Waals surface area contributed by atoms with Crippen LogP contribution in [-0.4, -0.2) is 75.9 Å². The van der Waals surface area contributed by atoms with Crippen LogP contribution in [0.2, 0.25) is 0 Å². The van der Waals surface area contributed by atoms with Crippen molar-refractivity contribution < 1.29 is 18.3 Å². The lowest BCUT2D eigenvalue weighted by Crippen LogP contribution is -2.53. The fraction of sp³-hybridized carbons (Fsp3) is 0.700. The molecule has 2 heterocycles. The number of aromatic nitrogens is 3. The van der Waals surface area contributed by atoms with E-state index in [1.54, 1.807) is 11.8 Å². The molecule has 118 valence electrons. The van der Waals surface area contributed by atoms with Crippen molar-refractivity contribution >= 4 is 31.9 Å². The van der Waals surface area contributed by atoms with Crippen LogP contribution < -0.4 is 0 Å². The summed E-state index contributed by atoms with van der Waals surface area (Å²) in [5.74, 6) is -0.912. The molecule has 0 spiro atoms. The van der Waals surface area contributed by atoms with Crippen LogP contribution in [0.25, 0.3) is 0 Å². The van der Waals surface area contributed by atoms with Crippen LogP contribution in [0.5, 0.6) is 0 Å². The summed E-state index contributed by atoms with van der Waals surface area (Å²) in [5, 5.41) is 16.3. The number of nitrogens with zero attached hydrogens (tertiary/aromatic N) is 5. The lowest BCUT2D eigenvalue weighted by Gasteiger charge is -2.35. The Labute approximate surface area is 130 Å². The number of hydrogen-bond donors (Lipinski definition) is 1. The Balaban J connectivity index is 2.14. The van der Waals surface area contributed by atoms with E-state index < -0.39 is 22.0 Å². The van der Waals surface area contributed by atoms with E-state index in [-0.39, 0.29) is 22.7 Å². The number of sulfonamides is 1. The Morgan fingerprint density at radius 2 is 1.90 bits per heavy atom. The molecule has 1 aromatic heterocycles. The number of aryl methyl sites for hydroxylation is 1. The number of hydrogen-bond acceptors (Lipinski definition) is 6. The number of rotatable bonds is 4. The van der Waals surface area contributed by atoms with Gasteiger partial charge in [-0.1, -0.05) is 5.21 Å². The Kier molecular flexibility index (Phi) is 4.66. The Bertz CT molecular complexity index is 618. The Hall–Kier alpha value is -1.04. The first kappa shape index (κ1) is 16.3. The van der Waals surface area contributed by atoms with Gasteiger partial charge in [0.05, 0.1) is 0 Å². The molecule has 1 aromatic rings. The van der Waals surface area contributed by atoms with Gasteiger partial charge in [-0.25, -0.2) is 13.1 Å². The predicted molar refractivity (Wildman–Crippen MR) is 76.1 cm³/mol. The maximum absolute atomic E-state index is 12.6. The molecule has 0 saturated carbocycles. The van der Waals surface area contributed by atoms with Gasteiger partial charge in [0.1, 0.15) is 6.04 Å². The van der Waals surface area contributed by atoms with E-state index in [1.165, 1.54) is 16.0 Å². The number of carbonyl (C=O) groups is 1. The van der Waals surface area contributed by atoms with Crippen molar-refractivity contribution in [1.82, 2.24) is 24.2 Å². The highest BCUT2D eigenvalue weighted by molar-refractivity contribution is 9.10. The van der Waals surface area contributed by atoms with Gasteiger partial charge in [-0.15, -0.1) is 5.10 Å². The number of halogens is 1. The summed E-state index contributed by atoms with van der Waals surface area (Å²) in [6.07, 6.45) is 0. The summed E-state index contributed by atoms with van der Waals surface area (Å²) in [6, 6.07) is -0.625. The van der Waals surface area contributed by atoms with Gasteiger partial charge in [0, 0.05) is 33.2 Å². The second-order valence-electron chi connectivity index (χ2n) is 4.76. The van der Waals surface area contributed by atoms with Gasteiger partial charge in [-0.05, 0) is 22.9 Å². The molecule has 11 heteroatoms. The normalized spacial score (nSPS) is 19.6. The van der Waals surface area contributed by atoms with Gasteiger partial charge in [0.25, 0.3) is 10.0 Å². The molecule has 1 atom stereocenters. The Morgan fingerprint density at radius 3 is 2.33 bits per heavy atom. The number of carboxylic acid groups (broad SMARTS) is 1. The average molecular weight is 382 g/mol. The van der Waals surface area contributed by atoms with Crippen molar-refractivity contribution in [2.24, 2.45) is 7.05 Å². The lowest BCUT2D eigenvalue weighted by atomic mass is 10.2. The minimum atomic E-state index is -3.70. The highest BCUT2D eigenvalue weighted by atomic mass is 79.9. The highest BCUT2D eigenvalue weighted by Crippen LogP contribution is 2.23. The van der Waals surface area contributed by atoms with Crippen molar-refractivity contribution in [2.45, 2.75) is 18.0 Å². The van der Waals surface area contributed by atoms with Crippen molar-refractivity contribution in [1.29, 1.82) is 0 Å². The minimum absolute atomic E-state index is 0.00207. The van der Waals surface area contributed by atoms with Crippen molar-refractivity contribution in [3.05, 3.63) is 4.60 Å². The van der Waals surface area contributed by atoms with E-state index in [2.05, 4.69) is 26.2 Å². The van der Waals surface area contributed by atoms with Gasteiger partial charge >= 0.3 is 5.97 Å². The van der Waals surface area contributed by atoms with Crippen molar-refractivity contribution in [2.75, 3.05) is 26.2 Å². The van der Waals surface area contributed by atoms with E-state index in [1.807, 2.05) is 0 Å². The third-order valence-corrected chi connectivity index (χ3v) is 6.29. The summed E-state index contributed by atoms with van der Waals surface area (Å²) in [4.78, 5) is 12.7. The summed E-state index contributed by atoms with van der Waals surface area (Å²) in [7, 11) is -2.19. The molecule has 0 bridgehead atoms. The molecule has 1 N–H and O–H groups in total. The second-order valence-corrected chi connectivity index (χ2v) is 7.37. The molecule has 0 radical (unpaired) electrons. The van der Waals surface area contributed by atoms with E-state index in [0.717, 1.165) is 0 Å². The first-order valence-corrected chi connectivity index (χ1v) is 8.50. The van der Waals surface area contributed by atoms with Crippen LogP contribution in [-0.2, 0) is 21.9 Å². The maximum Gasteiger partial charge on any atom is 0.320 e. The fourth-order valence-electron chi connectivity index (χ4n) is 2.21. The molecule has 0 aliphatic carbocycles. The van der Waals surface area contributed by atoms with Crippen LogP contribution in [0.15, 0.2) is 9.63 Å². The molecule has 1 aliphatic heterocycles. The highest BCUT2D eigenvalue weighted by Gasteiger charge is 2.35. The third kappa shape index (κ3) is 3.10. The minimum Gasteiger partial charge on any atom is -0.480 e. The van der Waals surface area contributed by atoms with Crippen LogP contribution in [0.4, 0.5) is 0 Å². The summed E-state index contributed by atoms with van der Waals surface area (Å²) in [5.41, 5.74) is 0. The van der Waals surface area contributed by atoms with Gasteiger partial charge in [0.2, 0.25) is 5.03 Å². The van der Waals surface area contributed by atoms with E-state index in [0.29, 0.717) is 13.1 Å². The molecule has 21 heavy (non-hydrogen) atoms. The summed E-state index contributed by atoms with van der Waals surface area (Å²) in [6.45, 7) is 2.80. The molecule has 0 aromatic carbocycles. The van der Waals surface area contributed by atoms with E-state index >= 15 is 0 Å². The molecule has 9 nitrogen and oxygen atoms in total. The predicted octanol–water partition coefficient (Wildman–Crippen LogP) is -0.643. The van der Waals surface area contributed by atoms with Crippen molar-refractivity contribution in [3.63, 3.8) is 0 Å². The largest absolute Gasteiger partial charge is 0.480 e. The van der Waals surface area contributed by atoms with Crippen LogP contribution in [0, 0.1) is 0 Å². The van der Waals surface area contributed by atoms with Crippen LogP contribution >= 0.6 is 15.9 Å². The average Bonchev–Trinajstić information content (AvgIpc) is 2.78. The second kappa shape index (κ2) is 5.99. The molecule has 0 amide bonds. The molecule has 1 fully saturated rings. The molecular formula is C10H16BrN5O4S. The van der Waals surface area contributed by atoms with Crippen LogP contribution in [0.3, 0.4) is 0 Å². The van der Waals surface area contributed by atoms with Gasteiger partial charge < -0.3 is 5.11 Å². The maximum atomic E-state index is 12.6. The third-order valence-electron chi connectivity index (χ3n) is 3.50. The zero-order valence-corrected chi connectivity index (χ0v) is 14.0. The molecule has 1 saturated heterocycles. The first-order valence-electron chi connectivity index (χ1n) is 6.27. The van der Waals surface area contributed by atoms with Crippen LogP contribution in [0.1, 0.15) is 6.92 Å². The van der Waals surface area contributed by atoms with Crippen molar-refractivity contribution in [3.8, 4) is 0 Å². The van der Waals surface area contributed by atoms with E-state index in [9.17, 15) is 13.2 Å². The first-order chi connectivity index (χ1) is 9.75. The SMILES string of the molecule is CC(C(=O)O)N1CCN(S(=O)(=O)c2c(Br)nnn2C)CC1. The molecular weight excluding hydrogens is 366 g/mol. The van der Waals surface area contributed by atoms with E-state index in [4.69, 9.17) is 5.11 Å². The zero-order valence-electron chi connectivity index (χ0n) is 11.6. The van der Waals surface area contributed by atoms with Gasteiger partial charge in [-0.2, -0.15) is 4.31 Å². The Morgan fingerprint density at radius 1 is 1.33 bits per heavy atom. The zero-order chi connectivity index (χ0) is 15.8. The smallest absolute Gasteiger partial charge is 0.320 e. The lowest BCUT2D eigenvalue weighted by molar-refractivity contribution is -0.143. The van der Waals surface area contributed by atoms with Gasteiger partial charge in [-0.3, -0.25) is 9.69 Å².